The van der Waals surface area contributed by atoms with E-state index >= 15 is 0 Å². The minimum absolute atomic E-state index is 0.111. The fourth-order valence-corrected chi connectivity index (χ4v) is 5.56. The van der Waals surface area contributed by atoms with Crippen molar-refractivity contribution in [2.24, 2.45) is 0 Å². The summed E-state index contributed by atoms with van der Waals surface area (Å²) in [5.41, 5.74) is 3.73. The Morgan fingerprint density at radius 2 is 1.91 bits per heavy atom. The van der Waals surface area contributed by atoms with Crippen LogP contribution in [-0.4, -0.2) is 11.4 Å². The fraction of sp³-hybridized carbons (Fsp3) is 0.107. The quantitative estimate of drug-likeness (QED) is 0.235. The van der Waals surface area contributed by atoms with Crippen molar-refractivity contribution in [2.75, 3.05) is 5.32 Å². The van der Waals surface area contributed by atoms with Crippen LogP contribution in [0.1, 0.15) is 16.7 Å². The van der Waals surface area contributed by atoms with Gasteiger partial charge >= 0.3 is 0 Å². The molecule has 1 amide bonds. The maximum Gasteiger partial charge on any atom is 0.260 e. The average Bonchev–Trinajstić information content (AvgIpc) is 3.19. The molecule has 0 bridgehead atoms. The molecule has 4 aromatic rings. The number of benzene rings is 4. The number of nitrogens with one attached hydrogen (secondary N) is 2. The van der Waals surface area contributed by atoms with Crippen LogP contribution in [0, 0.1) is 6.92 Å². The summed E-state index contributed by atoms with van der Waals surface area (Å²) in [6.45, 7) is 2.47. The molecule has 4 aromatic carbocycles. The van der Waals surface area contributed by atoms with Gasteiger partial charge in [-0.2, -0.15) is 0 Å². The van der Waals surface area contributed by atoms with Crippen molar-refractivity contribution in [3.63, 3.8) is 0 Å². The normalized spacial score (nSPS) is 16.5. The Hall–Kier alpha value is -2.93. The first-order valence-electron chi connectivity index (χ1n) is 11.1. The predicted molar refractivity (Wildman–Crippen MR) is 150 cm³/mol. The van der Waals surface area contributed by atoms with Gasteiger partial charge in [0.25, 0.3) is 5.91 Å². The first-order valence-corrected chi connectivity index (χ1v) is 13.1. The van der Waals surface area contributed by atoms with Crippen molar-refractivity contribution in [3.8, 4) is 5.75 Å². The van der Waals surface area contributed by atoms with E-state index in [1.54, 1.807) is 0 Å². The number of hydrogen-bond donors (Lipinski definition) is 2. The smallest absolute Gasteiger partial charge is 0.260 e. The third-order valence-electron chi connectivity index (χ3n) is 5.73. The van der Waals surface area contributed by atoms with Gasteiger partial charge in [0.2, 0.25) is 0 Å². The van der Waals surface area contributed by atoms with E-state index in [-0.39, 0.29) is 11.4 Å². The molecule has 35 heavy (non-hydrogen) atoms. The summed E-state index contributed by atoms with van der Waals surface area (Å²) < 4.78 is 6.94. The molecular weight excluding hydrogens is 544 g/mol. The van der Waals surface area contributed by atoms with Crippen LogP contribution in [0.15, 0.2) is 88.2 Å². The first kappa shape index (κ1) is 23.8. The molecule has 2 N–H and O–H groups in total. The molecule has 5 rings (SSSR count). The SMILES string of the molecule is Cc1ccc(Cl)cc1NC1NC(=O)/C(=C/c2ccc(OCc3cccc4ccccc34)c(Br)c2)S1. The van der Waals surface area contributed by atoms with Crippen LogP contribution in [-0.2, 0) is 11.4 Å². The molecule has 4 nitrogen and oxygen atoms in total. The topological polar surface area (TPSA) is 50.4 Å². The summed E-state index contributed by atoms with van der Waals surface area (Å²) in [5.74, 6) is 0.638. The lowest BCUT2D eigenvalue weighted by atomic mass is 10.1. The fourth-order valence-electron chi connectivity index (χ4n) is 3.91. The molecule has 1 aliphatic heterocycles. The minimum Gasteiger partial charge on any atom is -0.488 e. The van der Waals surface area contributed by atoms with Crippen LogP contribution in [0.5, 0.6) is 5.75 Å². The van der Waals surface area contributed by atoms with Crippen molar-refractivity contribution in [3.05, 3.63) is 110 Å². The van der Waals surface area contributed by atoms with Gasteiger partial charge in [0.15, 0.2) is 5.50 Å². The van der Waals surface area contributed by atoms with Gasteiger partial charge in [-0.25, -0.2) is 0 Å². The van der Waals surface area contributed by atoms with Gasteiger partial charge in [0.05, 0.1) is 9.38 Å². The second-order valence-electron chi connectivity index (χ2n) is 8.20. The Bertz CT molecular complexity index is 1450. The largest absolute Gasteiger partial charge is 0.488 e. The third-order valence-corrected chi connectivity index (χ3v) is 7.62. The zero-order valence-corrected chi connectivity index (χ0v) is 22.0. The number of rotatable bonds is 6. The van der Waals surface area contributed by atoms with E-state index in [0.717, 1.165) is 32.6 Å². The van der Waals surface area contributed by atoms with Gasteiger partial charge in [-0.3, -0.25) is 4.79 Å². The number of ether oxygens (including phenoxy) is 1. The van der Waals surface area contributed by atoms with Crippen LogP contribution in [0.2, 0.25) is 5.02 Å². The maximum atomic E-state index is 12.5. The predicted octanol–water partition coefficient (Wildman–Crippen LogP) is 7.74. The van der Waals surface area contributed by atoms with E-state index in [4.69, 9.17) is 16.3 Å². The molecule has 0 radical (unpaired) electrons. The zero-order valence-electron chi connectivity index (χ0n) is 18.8. The Morgan fingerprint density at radius 3 is 2.77 bits per heavy atom. The van der Waals surface area contributed by atoms with Gasteiger partial charge in [0.1, 0.15) is 12.4 Å². The molecule has 1 unspecified atom stereocenters. The van der Waals surface area contributed by atoms with Crippen LogP contribution >= 0.6 is 39.3 Å². The molecule has 1 fully saturated rings. The number of anilines is 1. The lowest BCUT2D eigenvalue weighted by Crippen LogP contribution is -2.31. The van der Waals surface area contributed by atoms with Gasteiger partial charge < -0.3 is 15.4 Å². The average molecular weight is 566 g/mol. The van der Waals surface area contributed by atoms with Crippen LogP contribution in [0.4, 0.5) is 5.69 Å². The second-order valence-corrected chi connectivity index (χ2v) is 10.6. The van der Waals surface area contributed by atoms with Crippen LogP contribution in [0.25, 0.3) is 16.8 Å². The van der Waals surface area contributed by atoms with E-state index in [2.05, 4.69) is 50.8 Å². The molecule has 1 saturated heterocycles. The van der Waals surface area contributed by atoms with Gasteiger partial charge in [-0.05, 0) is 80.7 Å². The van der Waals surface area contributed by atoms with Crippen LogP contribution < -0.4 is 15.4 Å². The summed E-state index contributed by atoms with van der Waals surface area (Å²) in [7, 11) is 0. The van der Waals surface area contributed by atoms with Crippen molar-refractivity contribution < 1.29 is 9.53 Å². The number of amides is 1. The molecule has 0 aliphatic carbocycles. The first-order chi connectivity index (χ1) is 17.0. The molecule has 1 atom stereocenters. The van der Waals surface area contributed by atoms with E-state index in [9.17, 15) is 4.79 Å². The number of carbonyl (C=O) groups is 1. The van der Waals surface area contributed by atoms with Crippen molar-refractivity contribution in [1.29, 1.82) is 0 Å². The Labute approximate surface area is 221 Å². The Morgan fingerprint density at radius 1 is 1.09 bits per heavy atom. The van der Waals surface area contributed by atoms with Crippen LogP contribution in [0.3, 0.4) is 0 Å². The highest BCUT2D eigenvalue weighted by Gasteiger charge is 2.27. The van der Waals surface area contributed by atoms with Gasteiger partial charge in [0, 0.05) is 10.7 Å². The zero-order chi connectivity index (χ0) is 24.4. The minimum atomic E-state index is -0.266. The lowest BCUT2D eigenvalue weighted by molar-refractivity contribution is -0.116. The lowest BCUT2D eigenvalue weighted by Gasteiger charge is -2.15. The van der Waals surface area contributed by atoms with E-state index in [0.29, 0.717) is 16.5 Å². The van der Waals surface area contributed by atoms with E-state index < -0.39 is 0 Å². The molecule has 176 valence electrons. The molecular formula is C28H22BrClN2O2S. The molecule has 0 saturated carbocycles. The van der Waals surface area contributed by atoms with Crippen molar-refractivity contribution in [2.45, 2.75) is 19.0 Å². The molecule has 7 heteroatoms. The van der Waals surface area contributed by atoms with Crippen molar-refractivity contribution in [1.82, 2.24) is 5.32 Å². The molecule has 0 aromatic heterocycles. The highest BCUT2D eigenvalue weighted by molar-refractivity contribution is 9.10. The molecule has 1 aliphatic rings. The van der Waals surface area contributed by atoms with E-state index in [1.807, 2.05) is 67.6 Å². The molecule has 0 spiro atoms. The standard InChI is InChI=1S/C28H22BrClN2O2S/c1-17-9-11-21(30)15-24(17)31-28-32-27(33)26(35-28)14-18-10-12-25(23(29)13-18)34-16-20-7-4-6-19-5-2-3-8-22(19)20/h2-15,28,31H,16H2,1H3,(H,32,33)/b26-14-. The number of hydrogen-bond acceptors (Lipinski definition) is 4. The summed E-state index contributed by atoms with van der Waals surface area (Å²) in [6, 6.07) is 26.0. The summed E-state index contributed by atoms with van der Waals surface area (Å²) in [6.07, 6.45) is 1.88. The number of halogens is 2. The van der Waals surface area contributed by atoms with E-state index in [1.165, 1.54) is 22.5 Å². The highest BCUT2D eigenvalue weighted by Crippen LogP contribution is 2.34. The Balaban J connectivity index is 1.27. The number of carbonyl (C=O) groups excluding carboxylic acids is 1. The van der Waals surface area contributed by atoms with Crippen molar-refractivity contribution >= 4 is 67.7 Å². The molecule has 1 heterocycles. The Kier molecular flexibility index (Phi) is 7.04. The highest BCUT2D eigenvalue weighted by atomic mass is 79.9. The monoisotopic (exact) mass is 564 g/mol. The number of aryl methyl sites for hydroxylation is 1. The maximum absolute atomic E-state index is 12.5. The third kappa shape index (κ3) is 5.50. The number of thioether (sulfide) groups is 1. The summed E-state index contributed by atoms with van der Waals surface area (Å²) in [5, 5.41) is 9.33. The summed E-state index contributed by atoms with van der Waals surface area (Å²) >= 11 is 11.2. The summed E-state index contributed by atoms with van der Waals surface area (Å²) in [4.78, 5) is 13.2. The number of fused-ring (bicyclic) bond motifs is 1. The van der Waals surface area contributed by atoms with Gasteiger partial charge in [-0.1, -0.05) is 78.0 Å². The second kappa shape index (κ2) is 10.4. The van der Waals surface area contributed by atoms with Gasteiger partial charge in [-0.15, -0.1) is 0 Å².